The highest BCUT2D eigenvalue weighted by atomic mass is 79.9. The lowest BCUT2D eigenvalue weighted by molar-refractivity contribution is -0.148. The predicted octanol–water partition coefficient (Wildman–Crippen LogP) is 3.14. The summed E-state index contributed by atoms with van der Waals surface area (Å²) in [6, 6.07) is 0. The molecule has 0 amide bonds. The van der Waals surface area contributed by atoms with Crippen LogP contribution in [0.4, 0.5) is 0 Å². The summed E-state index contributed by atoms with van der Waals surface area (Å²) in [4.78, 5) is 11.3. The standard InChI is InChI=1S/C10H19BrO2/c1-5-6-8(2)9(12)13-7-10(3,4)11/h8H,5-7H2,1-4H3. The fourth-order valence-corrected chi connectivity index (χ4v) is 1.05. The summed E-state index contributed by atoms with van der Waals surface area (Å²) in [6.07, 6.45) is 1.93. The van der Waals surface area contributed by atoms with E-state index in [4.69, 9.17) is 4.74 Å². The Bertz CT molecular complexity index is 161. The Morgan fingerprint density at radius 1 is 1.54 bits per heavy atom. The van der Waals surface area contributed by atoms with Gasteiger partial charge in [0.15, 0.2) is 0 Å². The van der Waals surface area contributed by atoms with Gasteiger partial charge in [0.05, 0.1) is 10.2 Å². The number of esters is 1. The molecule has 0 fully saturated rings. The monoisotopic (exact) mass is 250 g/mol. The molecule has 0 aliphatic carbocycles. The van der Waals surface area contributed by atoms with E-state index in [0.29, 0.717) is 6.61 Å². The van der Waals surface area contributed by atoms with E-state index in [1.165, 1.54) is 0 Å². The van der Waals surface area contributed by atoms with Crippen molar-refractivity contribution in [3.8, 4) is 0 Å². The van der Waals surface area contributed by atoms with Gasteiger partial charge in [-0.2, -0.15) is 0 Å². The molecule has 0 saturated heterocycles. The van der Waals surface area contributed by atoms with Gasteiger partial charge in [0.1, 0.15) is 6.61 Å². The topological polar surface area (TPSA) is 26.3 Å². The maximum Gasteiger partial charge on any atom is 0.308 e. The molecule has 0 aliphatic rings. The molecule has 1 atom stereocenters. The first-order valence-corrected chi connectivity index (χ1v) is 5.51. The van der Waals surface area contributed by atoms with Crippen LogP contribution in [0.25, 0.3) is 0 Å². The van der Waals surface area contributed by atoms with Crippen LogP contribution in [0.3, 0.4) is 0 Å². The maximum absolute atomic E-state index is 11.3. The second-order valence-electron chi connectivity index (χ2n) is 4.02. The largest absolute Gasteiger partial charge is 0.464 e. The predicted molar refractivity (Wildman–Crippen MR) is 58.0 cm³/mol. The van der Waals surface area contributed by atoms with Crippen molar-refractivity contribution in [2.24, 2.45) is 5.92 Å². The minimum Gasteiger partial charge on any atom is -0.464 e. The Balaban J connectivity index is 3.74. The molecule has 0 rings (SSSR count). The molecule has 0 aromatic heterocycles. The highest BCUT2D eigenvalue weighted by molar-refractivity contribution is 9.10. The first kappa shape index (κ1) is 12.9. The van der Waals surface area contributed by atoms with Crippen molar-refractivity contribution in [1.82, 2.24) is 0 Å². The minimum atomic E-state index is -0.116. The van der Waals surface area contributed by atoms with Crippen LogP contribution in [-0.4, -0.2) is 16.9 Å². The van der Waals surface area contributed by atoms with Gasteiger partial charge in [-0.15, -0.1) is 0 Å². The molecule has 3 heteroatoms. The average Bonchev–Trinajstić information content (AvgIpc) is 1.99. The minimum absolute atomic E-state index is 0.0276. The van der Waals surface area contributed by atoms with Gasteiger partial charge in [-0.1, -0.05) is 36.2 Å². The molecule has 0 aromatic rings. The molecule has 0 radical (unpaired) electrons. The van der Waals surface area contributed by atoms with Gasteiger partial charge in [-0.25, -0.2) is 0 Å². The molecular weight excluding hydrogens is 232 g/mol. The van der Waals surface area contributed by atoms with Gasteiger partial charge in [0, 0.05) is 0 Å². The summed E-state index contributed by atoms with van der Waals surface area (Å²) in [5.74, 6) is -0.0609. The molecule has 78 valence electrons. The van der Waals surface area contributed by atoms with Crippen LogP contribution < -0.4 is 0 Å². The quantitative estimate of drug-likeness (QED) is 0.554. The van der Waals surface area contributed by atoms with Crippen molar-refractivity contribution in [2.45, 2.75) is 44.9 Å². The molecular formula is C10H19BrO2. The molecule has 0 saturated carbocycles. The van der Waals surface area contributed by atoms with Gasteiger partial charge in [0.2, 0.25) is 0 Å². The zero-order valence-electron chi connectivity index (χ0n) is 8.89. The molecule has 0 heterocycles. The number of carbonyl (C=O) groups excluding carboxylic acids is 1. The summed E-state index contributed by atoms with van der Waals surface area (Å²) in [7, 11) is 0. The summed E-state index contributed by atoms with van der Waals surface area (Å²) < 4.78 is 5.02. The van der Waals surface area contributed by atoms with E-state index in [0.717, 1.165) is 12.8 Å². The fraction of sp³-hybridized carbons (Fsp3) is 0.900. The zero-order valence-corrected chi connectivity index (χ0v) is 10.5. The molecule has 13 heavy (non-hydrogen) atoms. The zero-order chi connectivity index (χ0) is 10.5. The van der Waals surface area contributed by atoms with Crippen molar-refractivity contribution in [3.63, 3.8) is 0 Å². The van der Waals surface area contributed by atoms with Crippen LogP contribution in [0.5, 0.6) is 0 Å². The van der Waals surface area contributed by atoms with E-state index in [1.807, 2.05) is 20.8 Å². The Kier molecular flexibility index (Phi) is 5.61. The summed E-state index contributed by atoms with van der Waals surface area (Å²) >= 11 is 3.42. The van der Waals surface area contributed by atoms with Gasteiger partial charge in [-0.05, 0) is 20.3 Å². The van der Waals surface area contributed by atoms with E-state index in [-0.39, 0.29) is 16.2 Å². The number of hydrogen-bond acceptors (Lipinski definition) is 2. The van der Waals surface area contributed by atoms with Gasteiger partial charge in [-0.3, -0.25) is 4.79 Å². The smallest absolute Gasteiger partial charge is 0.308 e. The lowest BCUT2D eigenvalue weighted by Gasteiger charge is -2.17. The number of halogens is 1. The van der Waals surface area contributed by atoms with Gasteiger partial charge >= 0.3 is 5.97 Å². The molecule has 0 bridgehead atoms. The molecule has 2 nitrogen and oxygen atoms in total. The van der Waals surface area contributed by atoms with E-state index >= 15 is 0 Å². The van der Waals surface area contributed by atoms with E-state index in [2.05, 4.69) is 22.9 Å². The Morgan fingerprint density at radius 3 is 2.46 bits per heavy atom. The third kappa shape index (κ3) is 7.05. The first-order chi connectivity index (χ1) is 5.87. The lowest BCUT2D eigenvalue weighted by atomic mass is 10.1. The molecule has 1 unspecified atom stereocenters. The molecule has 0 aromatic carbocycles. The van der Waals surface area contributed by atoms with Gasteiger partial charge < -0.3 is 4.74 Å². The van der Waals surface area contributed by atoms with Crippen LogP contribution in [-0.2, 0) is 9.53 Å². The number of carbonyl (C=O) groups is 1. The van der Waals surface area contributed by atoms with Crippen LogP contribution in [0.15, 0.2) is 0 Å². The second-order valence-corrected chi connectivity index (χ2v) is 6.16. The Hall–Kier alpha value is -0.0500. The number of hydrogen-bond donors (Lipinski definition) is 0. The van der Waals surface area contributed by atoms with Crippen molar-refractivity contribution in [3.05, 3.63) is 0 Å². The van der Waals surface area contributed by atoms with Crippen LogP contribution in [0.1, 0.15) is 40.5 Å². The fourth-order valence-electron chi connectivity index (χ4n) is 0.936. The van der Waals surface area contributed by atoms with E-state index < -0.39 is 0 Å². The van der Waals surface area contributed by atoms with Crippen molar-refractivity contribution in [2.75, 3.05) is 6.61 Å². The van der Waals surface area contributed by atoms with Crippen LogP contribution >= 0.6 is 15.9 Å². The number of rotatable bonds is 5. The van der Waals surface area contributed by atoms with Crippen LogP contribution in [0, 0.1) is 5.92 Å². The Labute approximate surface area is 89.2 Å². The number of alkyl halides is 1. The highest BCUT2D eigenvalue weighted by Crippen LogP contribution is 2.17. The van der Waals surface area contributed by atoms with Gasteiger partial charge in [0.25, 0.3) is 0 Å². The lowest BCUT2D eigenvalue weighted by Crippen LogP contribution is -2.24. The average molecular weight is 251 g/mol. The van der Waals surface area contributed by atoms with Crippen molar-refractivity contribution in [1.29, 1.82) is 0 Å². The molecule has 0 spiro atoms. The van der Waals surface area contributed by atoms with E-state index in [9.17, 15) is 4.79 Å². The first-order valence-electron chi connectivity index (χ1n) is 4.72. The number of ether oxygens (including phenoxy) is 1. The maximum atomic E-state index is 11.3. The third-order valence-corrected chi connectivity index (χ3v) is 1.91. The Morgan fingerprint density at radius 2 is 2.08 bits per heavy atom. The summed E-state index contributed by atoms with van der Waals surface area (Å²) in [5, 5.41) is 0. The summed E-state index contributed by atoms with van der Waals surface area (Å²) in [5.41, 5.74) is 0. The molecule has 0 aliphatic heterocycles. The second kappa shape index (κ2) is 5.63. The van der Waals surface area contributed by atoms with E-state index in [1.54, 1.807) is 0 Å². The van der Waals surface area contributed by atoms with Crippen LogP contribution in [0.2, 0.25) is 0 Å². The van der Waals surface area contributed by atoms with Crippen molar-refractivity contribution >= 4 is 21.9 Å². The SMILES string of the molecule is CCCC(C)C(=O)OCC(C)(C)Br. The normalized spacial score (nSPS) is 13.9. The third-order valence-electron chi connectivity index (χ3n) is 1.68. The highest BCUT2D eigenvalue weighted by Gasteiger charge is 2.18. The summed E-state index contributed by atoms with van der Waals surface area (Å²) in [6.45, 7) is 8.36. The van der Waals surface area contributed by atoms with Crippen molar-refractivity contribution < 1.29 is 9.53 Å². The molecule has 0 N–H and O–H groups in total.